The van der Waals surface area contributed by atoms with Gasteiger partial charge in [-0.15, -0.1) is 0 Å². The zero-order valence-corrected chi connectivity index (χ0v) is 16.8. The topological polar surface area (TPSA) is 158 Å². The zero-order chi connectivity index (χ0) is 22.3. The van der Waals surface area contributed by atoms with Crippen molar-refractivity contribution < 1.29 is 9.47 Å². The molecular formula is C22H18N8O2. The summed E-state index contributed by atoms with van der Waals surface area (Å²) in [5.41, 5.74) is 13.2. The quantitative estimate of drug-likeness (QED) is 0.399. The van der Waals surface area contributed by atoms with E-state index in [0.717, 1.165) is 5.56 Å². The number of nitrogen functional groups attached to an aromatic ring is 1. The number of hydrogen-bond donors (Lipinski definition) is 3. The number of rotatable bonds is 7. The Bertz CT molecular complexity index is 1270. The second-order valence-electron chi connectivity index (χ2n) is 6.52. The van der Waals surface area contributed by atoms with Crippen LogP contribution in [0.3, 0.4) is 0 Å². The van der Waals surface area contributed by atoms with E-state index in [2.05, 4.69) is 31.3 Å². The van der Waals surface area contributed by atoms with Gasteiger partial charge in [-0.3, -0.25) is 0 Å². The van der Waals surface area contributed by atoms with E-state index in [1.165, 1.54) is 18.7 Å². The number of nitrogens with two attached hydrogens (primary N) is 2. The molecule has 32 heavy (non-hydrogen) atoms. The van der Waals surface area contributed by atoms with Gasteiger partial charge in [0.2, 0.25) is 11.8 Å². The van der Waals surface area contributed by atoms with Gasteiger partial charge in [0, 0.05) is 18.7 Å². The van der Waals surface area contributed by atoms with Gasteiger partial charge in [-0.25, -0.2) is 19.9 Å². The number of ether oxygens (including phenoxy) is 2. The van der Waals surface area contributed by atoms with Crippen LogP contribution in [0.1, 0.15) is 11.1 Å². The highest BCUT2D eigenvalue weighted by molar-refractivity contribution is 5.67. The molecule has 0 atom stereocenters. The summed E-state index contributed by atoms with van der Waals surface area (Å²) < 4.78 is 11.6. The van der Waals surface area contributed by atoms with Crippen molar-refractivity contribution in [3.63, 3.8) is 0 Å². The molecule has 2 aromatic carbocycles. The van der Waals surface area contributed by atoms with Crippen molar-refractivity contribution in [3.8, 4) is 29.3 Å². The van der Waals surface area contributed by atoms with Gasteiger partial charge in [0.05, 0.1) is 17.3 Å². The van der Waals surface area contributed by atoms with Gasteiger partial charge in [0.15, 0.2) is 5.75 Å². The molecule has 0 aliphatic heterocycles. The summed E-state index contributed by atoms with van der Waals surface area (Å²) in [4.78, 5) is 16.2. The van der Waals surface area contributed by atoms with Gasteiger partial charge < -0.3 is 26.3 Å². The lowest BCUT2D eigenvalue weighted by Gasteiger charge is -2.13. The third-order valence-electron chi connectivity index (χ3n) is 4.27. The normalized spacial score (nSPS) is 10.2. The highest BCUT2D eigenvalue weighted by Crippen LogP contribution is 2.32. The molecule has 0 aliphatic carbocycles. The molecule has 0 spiro atoms. The van der Waals surface area contributed by atoms with Crippen LogP contribution in [0.4, 0.5) is 17.3 Å². The number of aromatic nitrogens is 4. The first-order chi connectivity index (χ1) is 15.6. The lowest BCUT2D eigenvalue weighted by atomic mass is 10.2. The molecule has 0 amide bonds. The summed E-state index contributed by atoms with van der Waals surface area (Å²) in [7, 11) is 0. The molecule has 4 rings (SSSR count). The molecule has 0 radical (unpaired) electrons. The van der Waals surface area contributed by atoms with Gasteiger partial charge in [0.1, 0.15) is 30.0 Å². The molecular weight excluding hydrogens is 408 g/mol. The number of nitrogens with zero attached hydrogens (tertiary/aromatic N) is 5. The Morgan fingerprint density at radius 2 is 1.62 bits per heavy atom. The van der Waals surface area contributed by atoms with Gasteiger partial charge in [-0.2, -0.15) is 5.26 Å². The zero-order valence-electron chi connectivity index (χ0n) is 16.8. The Kier molecular flexibility index (Phi) is 6.01. The number of nitriles is 1. The van der Waals surface area contributed by atoms with E-state index < -0.39 is 0 Å². The SMILES string of the molecule is N#Cc1ccc(Oc2cc(N)ncn2)c(Nc2cc(Oc3ccc(CN)cc3)ncn2)c1. The lowest BCUT2D eigenvalue weighted by molar-refractivity contribution is 0.461. The second-order valence-corrected chi connectivity index (χ2v) is 6.52. The average Bonchev–Trinajstić information content (AvgIpc) is 2.81. The van der Waals surface area contributed by atoms with Crippen LogP contribution in [0.5, 0.6) is 23.3 Å². The summed E-state index contributed by atoms with van der Waals surface area (Å²) in [5.74, 6) is 2.35. The molecule has 0 saturated carbocycles. The van der Waals surface area contributed by atoms with Gasteiger partial charge >= 0.3 is 0 Å². The molecule has 0 saturated heterocycles. The Balaban J connectivity index is 1.57. The molecule has 0 aliphatic rings. The van der Waals surface area contributed by atoms with Crippen molar-refractivity contribution in [2.75, 3.05) is 11.1 Å². The van der Waals surface area contributed by atoms with Crippen LogP contribution in [0, 0.1) is 11.3 Å². The maximum Gasteiger partial charge on any atom is 0.224 e. The summed E-state index contributed by atoms with van der Waals surface area (Å²) in [6.07, 6.45) is 2.67. The van der Waals surface area contributed by atoms with Crippen molar-refractivity contribution in [2.24, 2.45) is 5.73 Å². The Labute approximate surface area is 183 Å². The van der Waals surface area contributed by atoms with Crippen LogP contribution in [-0.2, 0) is 6.54 Å². The van der Waals surface area contributed by atoms with E-state index in [1.54, 1.807) is 24.3 Å². The number of hydrogen-bond acceptors (Lipinski definition) is 10. The first-order valence-electron chi connectivity index (χ1n) is 9.48. The molecule has 2 aromatic heterocycles. The van der Waals surface area contributed by atoms with Crippen molar-refractivity contribution in [3.05, 3.63) is 78.4 Å². The first-order valence-corrected chi connectivity index (χ1v) is 9.48. The third-order valence-corrected chi connectivity index (χ3v) is 4.27. The molecule has 4 aromatic rings. The lowest BCUT2D eigenvalue weighted by Crippen LogP contribution is -2.00. The first kappa shape index (κ1) is 20.5. The smallest absolute Gasteiger partial charge is 0.224 e. The fourth-order valence-electron chi connectivity index (χ4n) is 2.72. The van der Waals surface area contributed by atoms with Crippen LogP contribution in [0.15, 0.2) is 67.3 Å². The average molecular weight is 426 g/mol. The maximum absolute atomic E-state index is 9.28. The highest BCUT2D eigenvalue weighted by Gasteiger charge is 2.10. The molecule has 2 heterocycles. The number of nitrogens with one attached hydrogen (secondary N) is 1. The molecule has 0 fully saturated rings. The minimum absolute atomic E-state index is 0.262. The van der Waals surface area contributed by atoms with Crippen molar-refractivity contribution in [1.82, 2.24) is 19.9 Å². The molecule has 10 heteroatoms. The monoisotopic (exact) mass is 426 g/mol. The summed E-state index contributed by atoms with van der Waals surface area (Å²) in [6.45, 7) is 0.454. The minimum Gasteiger partial charge on any atom is -0.439 e. The van der Waals surface area contributed by atoms with E-state index in [4.69, 9.17) is 20.9 Å². The minimum atomic E-state index is 0.262. The summed E-state index contributed by atoms with van der Waals surface area (Å²) >= 11 is 0. The molecule has 0 bridgehead atoms. The fraction of sp³-hybridized carbons (Fsp3) is 0.0455. The fourth-order valence-corrected chi connectivity index (χ4v) is 2.72. The summed E-state index contributed by atoms with van der Waals surface area (Å²) in [6, 6.07) is 17.5. The largest absolute Gasteiger partial charge is 0.439 e. The van der Waals surface area contributed by atoms with Crippen LogP contribution in [-0.4, -0.2) is 19.9 Å². The molecule has 10 nitrogen and oxygen atoms in total. The van der Waals surface area contributed by atoms with Gasteiger partial charge in [-0.1, -0.05) is 12.1 Å². The van der Waals surface area contributed by atoms with E-state index in [1.807, 2.05) is 24.3 Å². The van der Waals surface area contributed by atoms with Crippen molar-refractivity contribution in [2.45, 2.75) is 6.54 Å². The predicted octanol–water partition coefficient (Wildman–Crippen LogP) is 3.51. The molecule has 5 N–H and O–H groups in total. The second kappa shape index (κ2) is 9.38. The van der Waals surface area contributed by atoms with Crippen LogP contribution >= 0.6 is 0 Å². The van der Waals surface area contributed by atoms with E-state index in [0.29, 0.717) is 41.0 Å². The Hall–Kier alpha value is -4.75. The Morgan fingerprint density at radius 1 is 0.875 bits per heavy atom. The maximum atomic E-state index is 9.28. The third kappa shape index (κ3) is 5.05. The van der Waals surface area contributed by atoms with Crippen molar-refractivity contribution in [1.29, 1.82) is 5.26 Å². The standard InChI is InChI=1S/C22H18N8O2/c23-10-14-1-4-16(5-2-14)31-22-9-20(27-13-29-22)30-17-7-15(11-24)3-6-18(17)32-21-8-19(25)26-12-28-21/h1-9,12-13H,10,23H2,(H2,25,26,28)(H,27,29,30). The van der Waals surface area contributed by atoms with E-state index in [9.17, 15) is 5.26 Å². The molecule has 158 valence electrons. The van der Waals surface area contributed by atoms with Gasteiger partial charge in [-0.05, 0) is 35.9 Å². The van der Waals surface area contributed by atoms with Crippen LogP contribution in [0.25, 0.3) is 0 Å². The summed E-state index contributed by atoms with van der Waals surface area (Å²) in [5, 5.41) is 12.4. The number of benzene rings is 2. The Morgan fingerprint density at radius 3 is 2.34 bits per heavy atom. The van der Waals surface area contributed by atoms with E-state index in [-0.39, 0.29) is 11.7 Å². The van der Waals surface area contributed by atoms with Crippen molar-refractivity contribution >= 4 is 17.3 Å². The number of anilines is 3. The highest BCUT2D eigenvalue weighted by atomic mass is 16.5. The van der Waals surface area contributed by atoms with Crippen LogP contribution < -0.4 is 26.3 Å². The predicted molar refractivity (Wildman–Crippen MR) is 117 cm³/mol. The van der Waals surface area contributed by atoms with Crippen LogP contribution in [0.2, 0.25) is 0 Å². The van der Waals surface area contributed by atoms with E-state index >= 15 is 0 Å². The molecule has 0 unspecified atom stereocenters. The van der Waals surface area contributed by atoms with Gasteiger partial charge in [0.25, 0.3) is 0 Å².